The summed E-state index contributed by atoms with van der Waals surface area (Å²) < 4.78 is 1.45. The molecule has 3 N–H and O–H groups in total. The molecule has 6 nitrogen and oxygen atoms in total. The van der Waals surface area contributed by atoms with Crippen LogP contribution in [0.4, 0.5) is 5.95 Å². The zero-order chi connectivity index (χ0) is 12.7. The van der Waals surface area contributed by atoms with Gasteiger partial charge in [-0.05, 0) is 12.1 Å². The van der Waals surface area contributed by atoms with Gasteiger partial charge in [-0.15, -0.1) is 0 Å². The SMILES string of the molecule is Nc1ncc2ccc(O)c(-n3cc(Cl)cn3)c2n1. The van der Waals surface area contributed by atoms with Gasteiger partial charge < -0.3 is 10.8 Å². The van der Waals surface area contributed by atoms with E-state index in [-0.39, 0.29) is 11.7 Å². The van der Waals surface area contributed by atoms with E-state index >= 15 is 0 Å². The lowest BCUT2D eigenvalue weighted by Gasteiger charge is -2.08. The van der Waals surface area contributed by atoms with Crippen LogP contribution < -0.4 is 5.73 Å². The van der Waals surface area contributed by atoms with Crippen LogP contribution in [0.1, 0.15) is 0 Å². The summed E-state index contributed by atoms with van der Waals surface area (Å²) in [5.74, 6) is 0.174. The minimum atomic E-state index is 0.0420. The number of halogens is 1. The van der Waals surface area contributed by atoms with E-state index in [1.54, 1.807) is 24.5 Å². The van der Waals surface area contributed by atoms with Crippen LogP contribution in [0.3, 0.4) is 0 Å². The lowest BCUT2D eigenvalue weighted by molar-refractivity contribution is 0.471. The van der Waals surface area contributed by atoms with Crippen molar-refractivity contribution in [1.82, 2.24) is 19.7 Å². The van der Waals surface area contributed by atoms with Crippen LogP contribution in [0.25, 0.3) is 16.6 Å². The van der Waals surface area contributed by atoms with Crippen molar-refractivity contribution in [2.75, 3.05) is 5.73 Å². The molecule has 0 amide bonds. The molecule has 0 aliphatic heterocycles. The molecule has 0 radical (unpaired) electrons. The van der Waals surface area contributed by atoms with Gasteiger partial charge in [0.1, 0.15) is 17.0 Å². The third-order valence-corrected chi connectivity index (χ3v) is 2.70. The number of nitrogens with zero attached hydrogens (tertiary/aromatic N) is 4. The van der Waals surface area contributed by atoms with E-state index in [2.05, 4.69) is 15.1 Å². The monoisotopic (exact) mass is 261 g/mol. The third kappa shape index (κ3) is 1.63. The van der Waals surface area contributed by atoms with Crippen LogP contribution >= 0.6 is 11.6 Å². The first-order chi connectivity index (χ1) is 8.65. The van der Waals surface area contributed by atoms with Gasteiger partial charge in [0.2, 0.25) is 5.95 Å². The Morgan fingerprint density at radius 2 is 2.11 bits per heavy atom. The number of aromatic nitrogens is 4. The first-order valence-corrected chi connectivity index (χ1v) is 5.47. The molecule has 0 atom stereocenters. The second kappa shape index (κ2) is 3.85. The number of phenols is 1. The maximum absolute atomic E-state index is 9.96. The molecule has 90 valence electrons. The first-order valence-electron chi connectivity index (χ1n) is 5.10. The maximum Gasteiger partial charge on any atom is 0.220 e. The van der Waals surface area contributed by atoms with Crippen LogP contribution in [0, 0.1) is 0 Å². The molecule has 0 spiro atoms. The van der Waals surface area contributed by atoms with Crippen molar-refractivity contribution in [2.45, 2.75) is 0 Å². The fourth-order valence-electron chi connectivity index (χ4n) is 1.73. The van der Waals surface area contributed by atoms with E-state index in [4.69, 9.17) is 17.3 Å². The second-order valence-electron chi connectivity index (χ2n) is 3.70. The molecule has 0 fully saturated rings. The number of benzene rings is 1. The van der Waals surface area contributed by atoms with Crippen molar-refractivity contribution in [2.24, 2.45) is 0 Å². The summed E-state index contributed by atoms with van der Waals surface area (Å²) in [5.41, 5.74) is 6.51. The molecule has 0 aliphatic carbocycles. The van der Waals surface area contributed by atoms with Crippen LogP contribution in [0.5, 0.6) is 5.75 Å². The quantitative estimate of drug-likeness (QED) is 0.697. The van der Waals surface area contributed by atoms with Gasteiger partial charge in [0.25, 0.3) is 0 Å². The topological polar surface area (TPSA) is 89.8 Å². The Labute approximate surface area is 107 Å². The predicted octanol–water partition coefficient (Wildman–Crippen LogP) is 1.76. The summed E-state index contributed by atoms with van der Waals surface area (Å²) in [6.45, 7) is 0. The molecule has 0 unspecified atom stereocenters. The number of hydrogen-bond donors (Lipinski definition) is 2. The molecule has 0 saturated heterocycles. The Balaban J connectivity index is 2.39. The van der Waals surface area contributed by atoms with E-state index in [1.165, 1.54) is 10.9 Å². The molecule has 0 saturated carbocycles. The second-order valence-corrected chi connectivity index (χ2v) is 4.14. The number of nitrogens with two attached hydrogens (primary N) is 1. The number of rotatable bonds is 1. The minimum Gasteiger partial charge on any atom is -0.506 e. The van der Waals surface area contributed by atoms with E-state index in [0.29, 0.717) is 16.2 Å². The van der Waals surface area contributed by atoms with E-state index in [1.807, 2.05) is 0 Å². The lowest BCUT2D eigenvalue weighted by atomic mass is 10.2. The largest absolute Gasteiger partial charge is 0.506 e. The van der Waals surface area contributed by atoms with Crippen molar-refractivity contribution < 1.29 is 5.11 Å². The highest BCUT2D eigenvalue weighted by molar-refractivity contribution is 6.30. The number of aromatic hydroxyl groups is 1. The molecule has 1 aromatic carbocycles. The standard InChI is InChI=1S/C11H8ClN5O/c12-7-4-15-17(5-7)10-8(18)2-1-6-3-14-11(13)16-9(6)10/h1-5,18H,(H2,13,14,16). The van der Waals surface area contributed by atoms with Gasteiger partial charge in [0.15, 0.2) is 0 Å². The summed E-state index contributed by atoms with van der Waals surface area (Å²) in [6, 6.07) is 3.26. The minimum absolute atomic E-state index is 0.0420. The smallest absolute Gasteiger partial charge is 0.220 e. The number of phenolic OH excluding ortho intramolecular Hbond substituents is 1. The molecule has 3 rings (SSSR count). The van der Waals surface area contributed by atoms with Gasteiger partial charge in [-0.2, -0.15) is 5.10 Å². The molecule has 0 bridgehead atoms. The Kier molecular flexibility index (Phi) is 2.31. The highest BCUT2D eigenvalue weighted by Gasteiger charge is 2.12. The predicted molar refractivity (Wildman–Crippen MR) is 67.7 cm³/mol. The zero-order valence-corrected chi connectivity index (χ0v) is 9.83. The molecular weight excluding hydrogens is 254 g/mol. The first kappa shape index (κ1) is 10.8. The number of fused-ring (bicyclic) bond motifs is 1. The normalized spacial score (nSPS) is 10.9. The van der Waals surface area contributed by atoms with Crippen LogP contribution in [-0.2, 0) is 0 Å². The molecule has 0 aliphatic rings. The van der Waals surface area contributed by atoms with Gasteiger partial charge in [-0.25, -0.2) is 14.6 Å². The zero-order valence-electron chi connectivity index (χ0n) is 9.08. The fraction of sp³-hybridized carbons (Fsp3) is 0. The van der Waals surface area contributed by atoms with Gasteiger partial charge in [-0.1, -0.05) is 11.6 Å². The number of hydrogen-bond acceptors (Lipinski definition) is 5. The molecule has 2 heterocycles. The maximum atomic E-state index is 9.96. The van der Waals surface area contributed by atoms with Gasteiger partial charge >= 0.3 is 0 Å². The summed E-state index contributed by atoms with van der Waals surface area (Å²) in [4.78, 5) is 8.03. The highest BCUT2D eigenvalue weighted by Crippen LogP contribution is 2.29. The van der Waals surface area contributed by atoms with Crippen molar-refractivity contribution in [1.29, 1.82) is 0 Å². The fourth-order valence-corrected chi connectivity index (χ4v) is 1.87. The van der Waals surface area contributed by atoms with Crippen LogP contribution in [0.15, 0.2) is 30.7 Å². The van der Waals surface area contributed by atoms with Crippen molar-refractivity contribution in [3.05, 3.63) is 35.7 Å². The van der Waals surface area contributed by atoms with Crippen molar-refractivity contribution in [3.63, 3.8) is 0 Å². The Hall–Kier alpha value is -2.34. The Morgan fingerprint density at radius 1 is 1.28 bits per heavy atom. The summed E-state index contributed by atoms with van der Waals surface area (Å²) in [6.07, 6.45) is 4.64. The number of anilines is 1. The van der Waals surface area contributed by atoms with Gasteiger partial charge in [0.05, 0.1) is 11.2 Å². The lowest BCUT2D eigenvalue weighted by Crippen LogP contribution is -2.00. The summed E-state index contributed by atoms with van der Waals surface area (Å²) >= 11 is 5.82. The Bertz CT molecular complexity index is 734. The molecule has 7 heteroatoms. The summed E-state index contributed by atoms with van der Waals surface area (Å²) in [5, 5.41) is 15.2. The third-order valence-electron chi connectivity index (χ3n) is 2.50. The average Bonchev–Trinajstić information content (AvgIpc) is 2.75. The Morgan fingerprint density at radius 3 is 2.83 bits per heavy atom. The highest BCUT2D eigenvalue weighted by atomic mass is 35.5. The molecule has 3 aromatic rings. The van der Waals surface area contributed by atoms with Gasteiger partial charge in [-0.3, -0.25) is 0 Å². The molecule has 2 aromatic heterocycles. The molecule has 18 heavy (non-hydrogen) atoms. The average molecular weight is 262 g/mol. The van der Waals surface area contributed by atoms with Crippen molar-refractivity contribution >= 4 is 28.5 Å². The van der Waals surface area contributed by atoms with E-state index in [0.717, 1.165) is 5.39 Å². The number of nitrogen functional groups attached to an aromatic ring is 1. The van der Waals surface area contributed by atoms with Crippen molar-refractivity contribution in [3.8, 4) is 11.4 Å². The van der Waals surface area contributed by atoms with Gasteiger partial charge in [0, 0.05) is 17.8 Å². The summed E-state index contributed by atoms with van der Waals surface area (Å²) in [7, 11) is 0. The molecular formula is C11H8ClN5O. The van der Waals surface area contributed by atoms with Crippen LogP contribution in [0.2, 0.25) is 5.02 Å². The van der Waals surface area contributed by atoms with E-state index < -0.39 is 0 Å². The van der Waals surface area contributed by atoms with Crippen LogP contribution in [-0.4, -0.2) is 24.9 Å². The van der Waals surface area contributed by atoms with E-state index in [9.17, 15) is 5.11 Å².